The quantitative estimate of drug-likeness (QED) is 0.132. The molecule has 4 rings (SSSR count). The lowest BCUT2D eigenvalue weighted by atomic mass is 10.0. The summed E-state index contributed by atoms with van der Waals surface area (Å²) >= 11 is 3.52. The summed E-state index contributed by atoms with van der Waals surface area (Å²) in [5, 5.41) is 3.02. The van der Waals surface area contributed by atoms with Gasteiger partial charge in [0.2, 0.25) is 11.8 Å². The number of halogens is 1. The first-order valence-corrected chi connectivity index (χ1v) is 17.9. The average Bonchev–Trinajstić information content (AvgIpc) is 3.06. The summed E-state index contributed by atoms with van der Waals surface area (Å²) in [6.07, 6.45) is 1.98. The fourth-order valence-corrected chi connectivity index (χ4v) is 7.05. The number of unbranched alkanes of at least 4 members (excludes halogenated alkanes) is 1. The SMILES string of the molecule is CCCCNC(=O)C(Cc1ccccc1)N(Cc1cccc(Br)c1)C(=O)CN(c1ccc(C(C)C)cc1)S(=O)(=O)c1ccccc1. The van der Waals surface area contributed by atoms with E-state index in [1.54, 1.807) is 30.3 Å². The molecule has 242 valence electrons. The Morgan fingerprint density at radius 2 is 1.46 bits per heavy atom. The van der Waals surface area contributed by atoms with Gasteiger partial charge in [0.1, 0.15) is 12.6 Å². The monoisotopic (exact) mass is 703 g/mol. The summed E-state index contributed by atoms with van der Waals surface area (Å²) in [5.74, 6) is -0.515. The maximum Gasteiger partial charge on any atom is 0.264 e. The van der Waals surface area contributed by atoms with E-state index < -0.39 is 28.5 Å². The fraction of sp³-hybridized carbons (Fsp3) is 0.297. The maximum atomic E-state index is 14.6. The second-order valence-corrected chi connectivity index (χ2v) is 14.4. The third kappa shape index (κ3) is 9.30. The second kappa shape index (κ2) is 16.6. The van der Waals surface area contributed by atoms with E-state index >= 15 is 0 Å². The molecule has 4 aromatic carbocycles. The van der Waals surface area contributed by atoms with E-state index in [0.29, 0.717) is 12.2 Å². The number of amides is 2. The topological polar surface area (TPSA) is 86.8 Å². The number of hydrogen-bond donors (Lipinski definition) is 1. The Morgan fingerprint density at radius 1 is 0.826 bits per heavy atom. The number of nitrogens with one attached hydrogen (secondary N) is 1. The van der Waals surface area contributed by atoms with Gasteiger partial charge in [-0.3, -0.25) is 13.9 Å². The molecule has 9 heteroatoms. The van der Waals surface area contributed by atoms with Crippen LogP contribution in [0, 0.1) is 0 Å². The molecule has 46 heavy (non-hydrogen) atoms. The van der Waals surface area contributed by atoms with Gasteiger partial charge in [-0.15, -0.1) is 0 Å². The molecule has 1 unspecified atom stereocenters. The van der Waals surface area contributed by atoms with Crippen LogP contribution in [0.2, 0.25) is 0 Å². The van der Waals surface area contributed by atoms with Crippen molar-refractivity contribution < 1.29 is 18.0 Å². The maximum absolute atomic E-state index is 14.6. The number of rotatable bonds is 15. The first-order chi connectivity index (χ1) is 22.1. The third-order valence-corrected chi connectivity index (χ3v) is 10.1. The highest BCUT2D eigenvalue weighted by atomic mass is 79.9. The minimum atomic E-state index is -4.14. The van der Waals surface area contributed by atoms with E-state index in [9.17, 15) is 18.0 Å². The summed E-state index contributed by atoms with van der Waals surface area (Å²) in [7, 11) is -4.14. The molecule has 0 aliphatic carbocycles. The molecular weight excluding hydrogens is 662 g/mol. The van der Waals surface area contributed by atoms with Crippen LogP contribution in [0.25, 0.3) is 0 Å². The molecule has 7 nitrogen and oxygen atoms in total. The molecule has 0 saturated carbocycles. The molecule has 0 heterocycles. The Morgan fingerprint density at radius 3 is 2.07 bits per heavy atom. The smallest absolute Gasteiger partial charge is 0.264 e. The van der Waals surface area contributed by atoms with Crippen molar-refractivity contribution in [3.05, 3.63) is 130 Å². The number of hydrogen-bond acceptors (Lipinski definition) is 4. The molecule has 0 aliphatic rings. The van der Waals surface area contributed by atoms with Crippen molar-refractivity contribution in [3.63, 3.8) is 0 Å². The van der Waals surface area contributed by atoms with Crippen LogP contribution in [0.4, 0.5) is 5.69 Å². The van der Waals surface area contributed by atoms with Crippen molar-refractivity contribution in [2.24, 2.45) is 0 Å². The van der Waals surface area contributed by atoms with Crippen molar-refractivity contribution >= 4 is 43.5 Å². The molecule has 4 aromatic rings. The lowest BCUT2D eigenvalue weighted by Crippen LogP contribution is -2.53. The van der Waals surface area contributed by atoms with Gasteiger partial charge in [-0.1, -0.05) is 116 Å². The van der Waals surface area contributed by atoms with Crippen LogP contribution >= 0.6 is 15.9 Å². The summed E-state index contributed by atoms with van der Waals surface area (Å²) in [6, 6.07) is 31.6. The molecule has 0 radical (unpaired) electrons. The van der Waals surface area contributed by atoms with Gasteiger partial charge >= 0.3 is 0 Å². The Balaban J connectivity index is 1.79. The Labute approximate surface area is 281 Å². The number of benzene rings is 4. The van der Waals surface area contributed by atoms with E-state index in [-0.39, 0.29) is 29.7 Å². The predicted octanol–water partition coefficient (Wildman–Crippen LogP) is 7.32. The molecule has 0 saturated heterocycles. The predicted molar refractivity (Wildman–Crippen MR) is 188 cm³/mol. The molecule has 0 bridgehead atoms. The van der Waals surface area contributed by atoms with Crippen LogP contribution in [0.1, 0.15) is 56.2 Å². The molecule has 1 atom stereocenters. The molecule has 0 aromatic heterocycles. The summed E-state index contributed by atoms with van der Waals surface area (Å²) in [4.78, 5) is 30.0. The standard InChI is InChI=1S/C37H42BrN3O4S/c1-4-5-23-39-37(43)35(25-29-13-8-6-9-14-29)40(26-30-15-12-16-32(38)24-30)36(42)27-41(33-21-19-31(20-22-33)28(2)3)46(44,45)34-17-10-7-11-18-34/h6-22,24,28,35H,4-5,23,25-27H2,1-3H3,(H,39,43). The van der Waals surface area contributed by atoms with Gasteiger partial charge in [0, 0.05) is 24.0 Å². The first kappa shape index (κ1) is 34.9. The zero-order chi connectivity index (χ0) is 33.1. The van der Waals surface area contributed by atoms with Crippen LogP contribution in [0.5, 0.6) is 0 Å². The highest BCUT2D eigenvalue weighted by molar-refractivity contribution is 9.10. The van der Waals surface area contributed by atoms with Crippen molar-refractivity contribution in [1.82, 2.24) is 10.2 Å². The van der Waals surface area contributed by atoms with Crippen LogP contribution in [-0.4, -0.2) is 44.3 Å². The second-order valence-electron chi connectivity index (χ2n) is 11.6. The number of carbonyl (C=O) groups is 2. The van der Waals surface area contributed by atoms with E-state index in [0.717, 1.165) is 38.3 Å². The summed E-state index contributed by atoms with van der Waals surface area (Å²) in [6.45, 7) is 6.29. The zero-order valence-electron chi connectivity index (χ0n) is 26.6. The average molecular weight is 705 g/mol. The zero-order valence-corrected chi connectivity index (χ0v) is 29.0. The lowest BCUT2D eigenvalue weighted by Gasteiger charge is -2.34. The summed E-state index contributed by atoms with van der Waals surface area (Å²) < 4.78 is 30.3. The highest BCUT2D eigenvalue weighted by Gasteiger charge is 2.34. The molecule has 2 amide bonds. The van der Waals surface area contributed by atoms with Crippen molar-refractivity contribution in [2.75, 3.05) is 17.4 Å². The van der Waals surface area contributed by atoms with E-state index in [4.69, 9.17) is 0 Å². The van der Waals surface area contributed by atoms with Crippen LogP contribution in [0.15, 0.2) is 119 Å². The molecule has 0 spiro atoms. The fourth-order valence-electron chi connectivity index (χ4n) is 5.17. The highest BCUT2D eigenvalue weighted by Crippen LogP contribution is 2.27. The van der Waals surface area contributed by atoms with Crippen molar-refractivity contribution in [1.29, 1.82) is 0 Å². The minimum Gasteiger partial charge on any atom is -0.354 e. The van der Waals surface area contributed by atoms with Crippen LogP contribution in [0.3, 0.4) is 0 Å². The van der Waals surface area contributed by atoms with Crippen molar-refractivity contribution in [3.8, 4) is 0 Å². The van der Waals surface area contributed by atoms with Gasteiger partial charge in [-0.05, 0) is 65.4 Å². The van der Waals surface area contributed by atoms with Crippen LogP contribution < -0.4 is 9.62 Å². The van der Waals surface area contributed by atoms with E-state index in [2.05, 4.69) is 35.1 Å². The Hall–Kier alpha value is -3.95. The number of nitrogens with zero attached hydrogens (tertiary/aromatic N) is 2. The van der Waals surface area contributed by atoms with Gasteiger partial charge < -0.3 is 10.2 Å². The molecule has 0 fully saturated rings. The Bertz CT molecular complexity index is 1680. The molecule has 0 aliphatic heterocycles. The number of carbonyl (C=O) groups excluding carboxylic acids is 2. The van der Waals surface area contributed by atoms with Gasteiger partial charge in [-0.2, -0.15) is 0 Å². The number of sulfonamides is 1. The van der Waals surface area contributed by atoms with Gasteiger partial charge in [0.25, 0.3) is 10.0 Å². The number of anilines is 1. The minimum absolute atomic E-state index is 0.0763. The molecule has 1 N–H and O–H groups in total. The third-order valence-electron chi connectivity index (χ3n) is 7.80. The van der Waals surface area contributed by atoms with Crippen molar-refractivity contribution in [2.45, 2.75) is 63.4 Å². The molecular formula is C37H42BrN3O4S. The normalized spacial score (nSPS) is 12.0. The van der Waals surface area contributed by atoms with Gasteiger partial charge in [0.05, 0.1) is 10.6 Å². The largest absolute Gasteiger partial charge is 0.354 e. The lowest BCUT2D eigenvalue weighted by molar-refractivity contribution is -0.140. The first-order valence-electron chi connectivity index (χ1n) is 15.6. The van der Waals surface area contributed by atoms with Gasteiger partial charge in [-0.25, -0.2) is 8.42 Å². The van der Waals surface area contributed by atoms with Crippen LogP contribution in [-0.2, 0) is 32.6 Å². The van der Waals surface area contributed by atoms with E-state index in [1.165, 1.54) is 17.0 Å². The Kier molecular flexibility index (Phi) is 12.6. The summed E-state index contributed by atoms with van der Waals surface area (Å²) in [5.41, 5.74) is 3.12. The van der Waals surface area contributed by atoms with Gasteiger partial charge in [0.15, 0.2) is 0 Å². The van der Waals surface area contributed by atoms with E-state index in [1.807, 2.05) is 73.7 Å².